The van der Waals surface area contributed by atoms with E-state index in [0.29, 0.717) is 65.2 Å². The number of piperidine rings is 1. The predicted molar refractivity (Wildman–Crippen MR) is 233 cm³/mol. The average molecular weight is 846 g/mol. The summed E-state index contributed by atoms with van der Waals surface area (Å²) >= 11 is 0. The van der Waals surface area contributed by atoms with Crippen LogP contribution < -0.4 is 10.5 Å². The molecule has 318 valence electrons. The standard InChI is InChI=1S/C46H51N7O7S/c1-29-10-15-36(16-11-29)61(58,59)53-23-20-37-39(27-49(4)43(55)41(37)53)32-12-17-40-38(24-32)42(46(28-54,60-35-13-14-35)33-8-6-5-7-9-33)48-44(47-40)50-21-18-34(19-22-50)51-25-31(3)52(45(56)57)26-30(51)2/h5-12,15-17,20,23-24,27,30-31,34-35,54H,13-14,18-19,21-22,25-26,28H2,1-4H3,(H,56,57)/t30-,31+,46?/m0/s1. The van der Waals surface area contributed by atoms with Gasteiger partial charge in [-0.3, -0.25) is 9.69 Å². The number of carbonyl (C=O) groups is 1. The number of aliphatic hydroxyl groups is 1. The van der Waals surface area contributed by atoms with Crippen molar-refractivity contribution >= 4 is 43.9 Å². The number of rotatable bonds is 10. The van der Waals surface area contributed by atoms with Crippen LogP contribution in [0.15, 0.2) is 101 Å². The molecule has 0 spiro atoms. The lowest BCUT2D eigenvalue weighted by Gasteiger charge is -2.48. The van der Waals surface area contributed by atoms with E-state index in [1.54, 1.807) is 43.6 Å². The van der Waals surface area contributed by atoms with Crippen molar-refractivity contribution in [2.75, 3.05) is 37.7 Å². The lowest BCUT2D eigenvalue weighted by molar-refractivity contribution is -0.0672. The molecule has 15 heteroatoms. The molecule has 1 unspecified atom stereocenters. The van der Waals surface area contributed by atoms with Crippen LogP contribution in [0.3, 0.4) is 0 Å². The Balaban J connectivity index is 1.15. The van der Waals surface area contributed by atoms with Gasteiger partial charge in [-0.1, -0.05) is 54.1 Å². The van der Waals surface area contributed by atoms with Crippen LogP contribution in [0, 0.1) is 6.92 Å². The topological polar surface area (TPSA) is 163 Å². The number of aliphatic hydroxyl groups excluding tert-OH is 1. The number of anilines is 1. The van der Waals surface area contributed by atoms with E-state index in [1.165, 1.54) is 15.7 Å². The number of pyridine rings is 1. The van der Waals surface area contributed by atoms with Gasteiger partial charge in [-0.15, -0.1) is 0 Å². The van der Waals surface area contributed by atoms with Crippen LogP contribution in [-0.4, -0.2) is 110 Å². The van der Waals surface area contributed by atoms with Crippen molar-refractivity contribution in [1.29, 1.82) is 0 Å². The van der Waals surface area contributed by atoms with Gasteiger partial charge in [-0.2, -0.15) is 0 Å². The Kier molecular flexibility index (Phi) is 10.5. The van der Waals surface area contributed by atoms with E-state index in [9.17, 15) is 28.2 Å². The lowest BCUT2D eigenvalue weighted by Crippen LogP contribution is -2.61. The largest absolute Gasteiger partial charge is 0.465 e. The quantitative estimate of drug-likeness (QED) is 0.168. The van der Waals surface area contributed by atoms with Crippen molar-refractivity contribution in [3.63, 3.8) is 0 Å². The van der Waals surface area contributed by atoms with Crippen molar-refractivity contribution in [3.05, 3.63) is 118 Å². The maximum absolute atomic E-state index is 14.0. The minimum absolute atomic E-state index is 0.0366. The van der Waals surface area contributed by atoms with Gasteiger partial charge in [0.25, 0.3) is 15.6 Å². The first-order chi connectivity index (χ1) is 29.3. The zero-order chi connectivity index (χ0) is 42.8. The number of amides is 1. The molecular weight excluding hydrogens is 795 g/mol. The number of carboxylic acid groups (broad SMARTS) is 1. The van der Waals surface area contributed by atoms with Gasteiger partial charge in [0.15, 0.2) is 5.60 Å². The van der Waals surface area contributed by atoms with Crippen LogP contribution >= 0.6 is 0 Å². The van der Waals surface area contributed by atoms with Crippen molar-refractivity contribution in [3.8, 4) is 11.1 Å². The molecule has 6 aromatic rings. The minimum atomic E-state index is -4.11. The van der Waals surface area contributed by atoms with E-state index in [4.69, 9.17) is 14.7 Å². The molecule has 5 heterocycles. The van der Waals surface area contributed by atoms with Gasteiger partial charge in [0.05, 0.1) is 28.8 Å². The fourth-order valence-electron chi connectivity index (χ4n) is 9.29. The average Bonchev–Trinajstić information content (AvgIpc) is 3.97. The van der Waals surface area contributed by atoms with E-state index in [-0.39, 0.29) is 41.2 Å². The molecule has 14 nitrogen and oxygen atoms in total. The Bertz CT molecular complexity index is 2800. The van der Waals surface area contributed by atoms with E-state index >= 15 is 0 Å². The van der Waals surface area contributed by atoms with Crippen LogP contribution in [0.5, 0.6) is 0 Å². The summed E-state index contributed by atoms with van der Waals surface area (Å²) in [4.78, 5) is 42.3. The van der Waals surface area contributed by atoms with Gasteiger partial charge in [0.2, 0.25) is 5.95 Å². The first-order valence-electron chi connectivity index (χ1n) is 21.0. The monoisotopic (exact) mass is 845 g/mol. The van der Waals surface area contributed by atoms with Crippen molar-refractivity contribution in [1.82, 2.24) is 28.3 Å². The zero-order valence-corrected chi connectivity index (χ0v) is 35.6. The number of benzene rings is 3. The molecule has 1 aliphatic carbocycles. The van der Waals surface area contributed by atoms with E-state index in [2.05, 4.69) is 16.7 Å². The summed E-state index contributed by atoms with van der Waals surface area (Å²) in [7, 11) is -2.50. The van der Waals surface area contributed by atoms with Crippen LogP contribution in [-0.2, 0) is 27.4 Å². The summed E-state index contributed by atoms with van der Waals surface area (Å²) < 4.78 is 37.3. The zero-order valence-electron chi connectivity index (χ0n) is 34.8. The molecule has 1 amide bonds. The maximum atomic E-state index is 14.0. The second kappa shape index (κ2) is 15.7. The summed E-state index contributed by atoms with van der Waals surface area (Å²) in [5, 5.41) is 22.4. The van der Waals surface area contributed by atoms with E-state index in [1.807, 2.05) is 62.4 Å². The Labute approximate surface area is 354 Å². The molecule has 2 aliphatic heterocycles. The van der Waals surface area contributed by atoms with Gasteiger partial charge in [0.1, 0.15) is 5.52 Å². The smallest absolute Gasteiger partial charge is 0.407 e. The fraction of sp³-hybridized carbons (Fsp3) is 0.391. The number of aromatic nitrogens is 4. The Morgan fingerprint density at radius 1 is 0.902 bits per heavy atom. The van der Waals surface area contributed by atoms with Crippen LogP contribution in [0.4, 0.5) is 10.7 Å². The Morgan fingerprint density at radius 2 is 1.62 bits per heavy atom. The number of hydrogen-bond donors (Lipinski definition) is 2. The predicted octanol–water partition coefficient (Wildman–Crippen LogP) is 5.95. The third kappa shape index (κ3) is 7.26. The first-order valence-corrected chi connectivity index (χ1v) is 22.4. The molecule has 3 aliphatic rings. The molecule has 61 heavy (non-hydrogen) atoms. The molecule has 9 rings (SSSR count). The van der Waals surface area contributed by atoms with E-state index in [0.717, 1.165) is 40.8 Å². The summed E-state index contributed by atoms with van der Waals surface area (Å²) in [5.41, 5.74) is 2.42. The molecule has 3 atom stereocenters. The van der Waals surface area contributed by atoms with Crippen LogP contribution in [0.2, 0.25) is 0 Å². The molecule has 2 saturated heterocycles. The van der Waals surface area contributed by atoms with Gasteiger partial charge in [0, 0.05) is 80.1 Å². The Morgan fingerprint density at radius 3 is 2.30 bits per heavy atom. The highest BCUT2D eigenvalue weighted by molar-refractivity contribution is 7.90. The highest BCUT2D eigenvalue weighted by Gasteiger charge is 2.44. The fourth-order valence-corrected chi connectivity index (χ4v) is 10.6. The Hall–Kier alpha value is -5.61. The SMILES string of the molecule is Cc1ccc(S(=O)(=O)n2ccc3c(-c4ccc5nc(N6CCC(N7C[C@@H](C)N(C(=O)O)C[C@@H]7C)CC6)nc(C(CO)(OC6CC6)c6ccccc6)c5c4)cn(C)c(=O)c32)cc1. The van der Waals surface area contributed by atoms with Crippen molar-refractivity contribution in [2.45, 2.75) is 81.2 Å². The molecular formula is C46H51N7O7S. The molecule has 1 saturated carbocycles. The highest BCUT2D eigenvalue weighted by Crippen LogP contribution is 2.43. The molecule has 0 bridgehead atoms. The number of hydrogen-bond acceptors (Lipinski definition) is 10. The number of nitrogens with zero attached hydrogens (tertiary/aromatic N) is 7. The van der Waals surface area contributed by atoms with Crippen LogP contribution in [0.25, 0.3) is 32.9 Å². The number of aryl methyl sites for hydroxylation is 2. The van der Waals surface area contributed by atoms with Gasteiger partial charge in [-0.25, -0.2) is 27.2 Å². The maximum Gasteiger partial charge on any atom is 0.407 e. The molecule has 3 aromatic heterocycles. The highest BCUT2D eigenvalue weighted by atomic mass is 32.2. The molecule has 2 N–H and O–H groups in total. The van der Waals surface area contributed by atoms with Crippen LogP contribution in [0.1, 0.15) is 56.4 Å². The normalized spacial score (nSPS) is 20.3. The summed E-state index contributed by atoms with van der Waals surface area (Å²) in [6.07, 6.45) is 5.63. The second-order valence-electron chi connectivity index (χ2n) is 17.0. The number of ether oxygens (including phenoxy) is 1. The van der Waals surface area contributed by atoms with Crippen molar-refractivity contribution in [2.24, 2.45) is 7.05 Å². The lowest BCUT2D eigenvalue weighted by atomic mass is 9.87. The summed E-state index contributed by atoms with van der Waals surface area (Å²) in [6, 6.07) is 23.9. The number of fused-ring (bicyclic) bond motifs is 2. The van der Waals surface area contributed by atoms with Gasteiger partial charge < -0.3 is 29.3 Å². The molecule has 0 radical (unpaired) electrons. The number of piperazine rings is 1. The molecule has 3 fully saturated rings. The third-order valence-corrected chi connectivity index (χ3v) is 14.5. The first kappa shape index (κ1) is 40.8. The molecule has 3 aromatic carbocycles. The van der Waals surface area contributed by atoms with Gasteiger partial charge in [-0.05, 0) is 87.9 Å². The third-order valence-electron chi connectivity index (χ3n) is 12.8. The summed E-state index contributed by atoms with van der Waals surface area (Å²) in [5.74, 6) is 0.529. The van der Waals surface area contributed by atoms with Gasteiger partial charge >= 0.3 is 6.09 Å². The van der Waals surface area contributed by atoms with Crippen molar-refractivity contribution < 1.29 is 28.2 Å². The van der Waals surface area contributed by atoms with E-state index < -0.39 is 27.3 Å². The minimum Gasteiger partial charge on any atom is -0.465 e. The summed E-state index contributed by atoms with van der Waals surface area (Å²) in [6.45, 7) is 8.10. The second-order valence-corrected chi connectivity index (χ2v) is 18.8.